The van der Waals surface area contributed by atoms with Crippen LogP contribution in [0, 0.1) is 0 Å². The lowest BCUT2D eigenvalue weighted by Crippen LogP contribution is -2.27. The van der Waals surface area contributed by atoms with Crippen molar-refractivity contribution in [3.63, 3.8) is 0 Å². The molecule has 2 heteroatoms. The van der Waals surface area contributed by atoms with E-state index in [9.17, 15) is 4.79 Å². The summed E-state index contributed by atoms with van der Waals surface area (Å²) in [4.78, 5) is 12.4. The molecular weight excluding hydrogens is 248 g/mol. The minimum atomic E-state index is -0.432. The first kappa shape index (κ1) is 12.9. The van der Waals surface area contributed by atoms with Crippen molar-refractivity contribution in [2.45, 2.75) is 32.8 Å². The Labute approximate surface area is 119 Å². The first-order valence-electron chi connectivity index (χ1n) is 6.99. The summed E-state index contributed by atoms with van der Waals surface area (Å²) in [5, 5.41) is 2.12. The molecule has 2 aromatic carbocycles. The summed E-state index contributed by atoms with van der Waals surface area (Å²) < 4.78 is 5.62. The highest BCUT2D eigenvalue weighted by molar-refractivity contribution is 6.12. The second-order valence-electron chi connectivity index (χ2n) is 5.81. The fourth-order valence-corrected chi connectivity index (χ4v) is 2.48. The van der Waals surface area contributed by atoms with Crippen molar-refractivity contribution in [1.82, 2.24) is 0 Å². The maximum atomic E-state index is 12.4. The zero-order valence-electron chi connectivity index (χ0n) is 12.1. The molecule has 20 heavy (non-hydrogen) atoms. The molecule has 0 bridgehead atoms. The van der Waals surface area contributed by atoms with E-state index in [2.05, 4.69) is 18.2 Å². The number of carbonyl (C=O) groups is 1. The molecule has 0 aliphatic heterocycles. The van der Waals surface area contributed by atoms with Crippen molar-refractivity contribution in [3.05, 3.63) is 47.0 Å². The zero-order chi connectivity index (χ0) is 14.3. The first-order valence-corrected chi connectivity index (χ1v) is 6.99. The van der Waals surface area contributed by atoms with Gasteiger partial charge in [-0.2, -0.15) is 0 Å². The van der Waals surface area contributed by atoms with Crippen LogP contribution in [0.15, 0.2) is 30.3 Å². The predicted octanol–water partition coefficient (Wildman–Crippen LogP) is 4.67. The van der Waals surface area contributed by atoms with Crippen LogP contribution >= 0.6 is 0 Å². The normalized spacial score (nSPS) is 12.9. The highest BCUT2D eigenvalue weighted by Gasteiger charge is 2.23. The molecule has 0 amide bonds. The average molecular weight is 266 g/mol. The molecule has 2 aromatic rings. The molecule has 3 rings (SSSR count). The Bertz CT molecular complexity index is 711. The largest absolute Gasteiger partial charge is 0.456 e. The molecule has 0 radical (unpaired) electrons. The van der Waals surface area contributed by atoms with Gasteiger partial charge >= 0.3 is 5.97 Å². The third-order valence-corrected chi connectivity index (χ3v) is 3.99. The molecule has 0 heterocycles. The SMILES string of the molecule is CCC(C)(C)OC(=O)c1ccc2c3c(cccc13)C=C2. The number of carbonyl (C=O) groups excluding carboxylic acids is 1. The minimum Gasteiger partial charge on any atom is -0.456 e. The second kappa shape index (κ2) is 4.48. The highest BCUT2D eigenvalue weighted by Crippen LogP contribution is 2.33. The topological polar surface area (TPSA) is 26.3 Å². The summed E-state index contributed by atoms with van der Waals surface area (Å²) in [5.74, 6) is -0.243. The van der Waals surface area contributed by atoms with Gasteiger partial charge in [-0.05, 0) is 48.2 Å². The number of rotatable bonds is 3. The van der Waals surface area contributed by atoms with Crippen LogP contribution in [0.4, 0.5) is 0 Å². The fourth-order valence-electron chi connectivity index (χ4n) is 2.48. The second-order valence-corrected chi connectivity index (χ2v) is 5.81. The van der Waals surface area contributed by atoms with Crippen LogP contribution < -0.4 is 0 Å². The Hall–Kier alpha value is -2.09. The van der Waals surface area contributed by atoms with Gasteiger partial charge in [0, 0.05) is 0 Å². The molecule has 0 spiro atoms. The van der Waals surface area contributed by atoms with E-state index in [0.717, 1.165) is 17.2 Å². The van der Waals surface area contributed by atoms with Crippen molar-refractivity contribution < 1.29 is 9.53 Å². The van der Waals surface area contributed by atoms with Crippen LogP contribution in [-0.2, 0) is 4.74 Å². The Kier molecular flexibility index (Phi) is 2.89. The van der Waals surface area contributed by atoms with Crippen LogP contribution in [0.5, 0.6) is 0 Å². The van der Waals surface area contributed by atoms with Gasteiger partial charge in [-0.3, -0.25) is 0 Å². The van der Waals surface area contributed by atoms with Crippen LogP contribution in [0.25, 0.3) is 22.9 Å². The van der Waals surface area contributed by atoms with Gasteiger partial charge in [-0.15, -0.1) is 0 Å². The maximum Gasteiger partial charge on any atom is 0.339 e. The molecule has 0 saturated heterocycles. The van der Waals surface area contributed by atoms with Gasteiger partial charge in [-0.1, -0.05) is 43.3 Å². The molecule has 102 valence electrons. The quantitative estimate of drug-likeness (QED) is 0.644. The zero-order valence-corrected chi connectivity index (χ0v) is 12.1. The molecular formula is C18H18O2. The van der Waals surface area contributed by atoms with Crippen molar-refractivity contribution in [3.8, 4) is 0 Å². The maximum absolute atomic E-state index is 12.4. The van der Waals surface area contributed by atoms with Crippen molar-refractivity contribution in [2.24, 2.45) is 0 Å². The summed E-state index contributed by atoms with van der Waals surface area (Å²) in [5.41, 5.74) is 2.55. The summed E-state index contributed by atoms with van der Waals surface area (Å²) in [6.45, 7) is 5.89. The number of benzene rings is 2. The lowest BCUT2D eigenvalue weighted by Gasteiger charge is -2.23. The van der Waals surface area contributed by atoms with Gasteiger partial charge in [0.1, 0.15) is 5.60 Å². The van der Waals surface area contributed by atoms with Crippen molar-refractivity contribution >= 4 is 28.9 Å². The number of hydrogen-bond donors (Lipinski definition) is 0. The molecule has 0 aromatic heterocycles. The lowest BCUT2D eigenvalue weighted by atomic mass is 9.99. The molecule has 0 fully saturated rings. The number of esters is 1. The summed E-state index contributed by atoms with van der Waals surface area (Å²) in [7, 11) is 0. The van der Waals surface area contributed by atoms with E-state index >= 15 is 0 Å². The molecule has 0 unspecified atom stereocenters. The number of hydrogen-bond acceptors (Lipinski definition) is 2. The minimum absolute atomic E-state index is 0.243. The van der Waals surface area contributed by atoms with Gasteiger partial charge in [0.15, 0.2) is 0 Å². The van der Waals surface area contributed by atoms with Gasteiger partial charge in [-0.25, -0.2) is 4.79 Å². The van der Waals surface area contributed by atoms with E-state index in [0.29, 0.717) is 5.56 Å². The number of ether oxygens (including phenoxy) is 1. The Morgan fingerprint density at radius 3 is 2.50 bits per heavy atom. The smallest absolute Gasteiger partial charge is 0.339 e. The van der Waals surface area contributed by atoms with E-state index in [1.165, 1.54) is 11.1 Å². The molecule has 0 atom stereocenters. The fraction of sp³-hybridized carbons (Fsp3) is 0.278. The van der Waals surface area contributed by atoms with Crippen molar-refractivity contribution in [2.75, 3.05) is 0 Å². The van der Waals surface area contributed by atoms with Gasteiger partial charge in [0.25, 0.3) is 0 Å². The van der Waals surface area contributed by atoms with E-state index < -0.39 is 5.60 Å². The Balaban J connectivity index is 2.09. The third-order valence-electron chi connectivity index (χ3n) is 3.99. The van der Waals surface area contributed by atoms with E-state index in [1.807, 2.05) is 45.0 Å². The van der Waals surface area contributed by atoms with Crippen LogP contribution in [0.2, 0.25) is 0 Å². The molecule has 1 aliphatic carbocycles. The highest BCUT2D eigenvalue weighted by atomic mass is 16.6. The van der Waals surface area contributed by atoms with E-state index in [4.69, 9.17) is 4.74 Å². The van der Waals surface area contributed by atoms with E-state index in [1.54, 1.807) is 0 Å². The van der Waals surface area contributed by atoms with Crippen LogP contribution in [-0.4, -0.2) is 11.6 Å². The van der Waals surface area contributed by atoms with E-state index in [-0.39, 0.29) is 5.97 Å². The monoisotopic (exact) mass is 266 g/mol. The average Bonchev–Trinajstić information content (AvgIpc) is 2.84. The molecule has 2 nitrogen and oxygen atoms in total. The summed E-state index contributed by atoms with van der Waals surface area (Å²) >= 11 is 0. The summed E-state index contributed by atoms with van der Waals surface area (Å²) in [6, 6.07) is 9.90. The molecule has 0 saturated carbocycles. The molecule has 1 aliphatic rings. The predicted molar refractivity (Wildman–Crippen MR) is 82.7 cm³/mol. The molecule has 0 N–H and O–H groups in total. The summed E-state index contributed by atoms with van der Waals surface area (Å²) in [6.07, 6.45) is 4.97. The first-order chi connectivity index (χ1) is 9.52. The Morgan fingerprint density at radius 2 is 1.80 bits per heavy atom. The van der Waals surface area contributed by atoms with Crippen LogP contribution in [0.1, 0.15) is 48.7 Å². The van der Waals surface area contributed by atoms with Gasteiger partial charge in [0.05, 0.1) is 5.56 Å². The standard InChI is InChI=1S/C18H18O2/c1-4-18(2,3)20-17(19)15-11-10-13-9-8-12-6-5-7-14(15)16(12)13/h5-11H,4H2,1-3H3. The third kappa shape index (κ3) is 2.01. The van der Waals surface area contributed by atoms with Gasteiger partial charge < -0.3 is 4.74 Å². The van der Waals surface area contributed by atoms with Crippen molar-refractivity contribution in [1.29, 1.82) is 0 Å². The van der Waals surface area contributed by atoms with Gasteiger partial charge in [0.2, 0.25) is 0 Å². The lowest BCUT2D eigenvalue weighted by molar-refractivity contribution is -0.00220. The van der Waals surface area contributed by atoms with Crippen LogP contribution in [0.3, 0.4) is 0 Å². The Morgan fingerprint density at radius 1 is 1.10 bits per heavy atom.